The van der Waals surface area contributed by atoms with Crippen molar-refractivity contribution in [2.75, 3.05) is 7.05 Å². The molecule has 52 heavy (non-hydrogen) atoms. The van der Waals surface area contributed by atoms with E-state index in [1.54, 1.807) is 0 Å². The van der Waals surface area contributed by atoms with Gasteiger partial charge < -0.3 is 9.13 Å². The van der Waals surface area contributed by atoms with Gasteiger partial charge >= 0.3 is 0 Å². The van der Waals surface area contributed by atoms with Crippen molar-refractivity contribution in [1.29, 1.82) is 0 Å². The van der Waals surface area contributed by atoms with Crippen LogP contribution in [0.15, 0.2) is 169 Å². The Kier molecular flexibility index (Phi) is 6.57. The van der Waals surface area contributed by atoms with Crippen LogP contribution >= 0.6 is 11.3 Å². The zero-order valence-electron chi connectivity index (χ0n) is 28.6. The molecule has 1 aliphatic rings. The SMILES string of the molecule is CN1C(C(=NCn2c3ccccc3c3cc4c5ccccc5n(-c5ccccc5)c4cc32)c2cccc3c2sc2ccccc23)C1c1ccccc1. The van der Waals surface area contributed by atoms with Crippen LogP contribution in [0.4, 0.5) is 0 Å². The summed E-state index contributed by atoms with van der Waals surface area (Å²) in [7, 11) is 2.24. The first-order valence-corrected chi connectivity index (χ1v) is 18.8. The van der Waals surface area contributed by atoms with E-state index >= 15 is 0 Å². The van der Waals surface area contributed by atoms with Crippen molar-refractivity contribution in [3.05, 3.63) is 175 Å². The van der Waals surface area contributed by atoms with E-state index in [2.05, 4.69) is 185 Å². The van der Waals surface area contributed by atoms with Crippen LogP contribution in [-0.2, 0) is 6.67 Å². The number of benzene rings is 7. The summed E-state index contributed by atoms with van der Waals surface area (Å²) >= 11 is 1.88. The normalized spacial score (nSPS) is 17.7. The average molecular weight is 687 g/mol. The van der Waals surface area contributed by atoms with Crippen molar-refractivity contribution in [2.45, 2.75) is 18.8 Å². The second-order valence-electron chi connectivity index (χ2n) is 14.0. The van der Waals surface area contributed by atoms with Crippen molar-refractivity contribution in [3.8, 4) is 5.69 Å². The molecular formula is C47H34N4S. The molecule has 0 N–H and O–H groups in total. The molecule has 248 valence electrons. The van der Waals surface area contributed by atoms with Gasteiger partial charge in [0.15, 0.2) is 0 Å². The van der Waals surface area contributed by atoms with Gasteiger partial charge in [-0.2, -0.15) is 0 Å². The summed E-state index contributed by atoms with van der Waals surface area (Å²) in [5.41, 5.74) is 9.70. The quantitative estimate of drug-likeness (QED) is 0.126. The molecule has 1 aliphatic heterocycles. The highest BCUT2D eigenvalue weighted by Crippen LogP contribution is 2.46. The van der Waals surface area contributed by atoms with Crippen LogP contribution in [0, 0.1) is 0 Å². The Hall–Kier alpha value is -6.01. The van der Waals surface area contributed by atoms with Crippen LogP contribution in [0.1, 0.15) is 17.2 Å². The summed E-state index contributed by atoms with van der Waals surface area (Å²) in [6.45, 7) is 0.517. The smallest absolute Gasteiger partial charge is 0.115 e. The third kappa shape index (κ3) is 4.40. The highest BCUT2D eigenvalue weighted by Gasteiger charge is 2.49. The monoisotopic (exact) mass is 686 g/mol. The fourth-order valence-corrected chi connectivity index (χ4v) is 9.93. The predicted molar refractivity (Wildman–Crippen MR) is 220 cm³/mol. The summed E-state index contributed by atoms with van der Waals surface area (Å²) < 4.78 is 7.47. The first kappa shape index (κ1) is 29.7. The molecule has 0 saturated carbocycles. The maximum atomic E-state index is 5.69. The van der Waals surface area contributed by atoms with E-state index < -0.39 is 0 Å². The van der Waals surface area contributed by atoms with E-state index in [4.69, 9.17) is 4.99 Å². The molecule has 10 aromatic rings. The fraction of sp³-hybridized carbons (Fsp3) is 0.0851. The Labute approximate surface area is 305 Å². The van der Waals surface area contributed by atoms with Crippen LogP contribution in [0.3, 0.4) is 0 Å². The van der Waals surface area contributed by atoms with Crippen molar-refractivity contribution in [2.24, 2.45) is 4.99 Å². The molecule has 3 atom stereocenters. The summed E-state index contributed by atoms with van der Waals surface area (Å²) in [6.07, 6.45) is 0. The second-order valence-corrected chi connectivity index (χ2v) is 15.0. The number of fused-ring (bicyclic) bond motifs is 9. The molecule has 3 unspecified atom stereocenters. The van der Waals surface area contributed by atoms with Crippen molar-refractivity contribution in [1.82, 2.24) is 14.0 Å². The van der Waals surface area contributed by atoms with Crippen LogP contribution in [0.25, 0.3) is 69.5 Å². The van der Waals surface area contributed by atoms with Crippen LogP contribution < -0.4 is 0 Å². The first-order valence-electron chi connectivity index (χ1n) is 18.0. The minimum absolute atomic E-state index is 0.179. The first-order chi connectivity index (χ1) is 25.7. The van der Waals surface area contributed by atoms with Gasteiger partial charge in [0.25, 0.3) is 0 Å². The van der Waals surface area contributed by atoms with Gasteiger partial charge in [0, 0.05) is 53.0 Å². The molecule has 5 heteroatoms. The van der Waals surface area contributed by atoms with E-state index in [9.17, 15) is 0 Å². The van der Waals surface area contributed by atoms with Gasteiger partial charge in [-0.15, -0.1) is 11.3 Å². The Morgan fingerprint density at radius 2 is 1.19 bits per heavy atom. The topological polar surface area (TPSA) is 25.2 Å². The summed E-state index contributed by atoms with van der Waals surface area (Å²) in [5, 5.41) is 7.66. The lowest BCUT2D eigenvalue weighted by Crippen LogP contribution is -2.15. The minimum atomic E-state index is 0.179. The number of aliphatic imine (C=N–C) groups is 1. The largest absolute Gasteiger partial charge is 0.320 e. The molecule has 11 rings (SSSR count). The van der Waals surface area contributed by atoms with Gasteiger partial charge in [-0.05, 0) is 55.1 Å². The summed E-state index contributed by atoms with van der Waals surface area (Å²) in [4.78, 5) is 8.15. The van der Waals surface area contributed by atoms with Crippen LogP contribution in [-0.4, -0.2) is 32.8 Å². The van der Waals surface area contributed by atoms with Gasteiger partial charge in [-0.3, -0.25) is 9.89 Å². The van der Waals surface area contributed by atoms with Crippen molar-refractivity contribution in [3.63, 3.8) is 0 Å². The standard InChI is InChI=1S/C47H34N4S/c1-49-45(30-15-4-2-5-16-30)46(49)44(36-23-14-22-35-34-21-10-13-26-43(34)52-47(35)36)48-29-50-39-24-11-8-19-32(39)37-27-38-33-20-9-12-25-40(33)51(42(38)28-41(37)50)31-17-6-3-7-18-31/h2-28,45-46H,29H2,1H3. The molecule has 3 aromatic heterocycles. The minimum Gasteiger partial charge on any atom is -0.320 e. The average Bonchev–Trinajstić information content (AvgIpc) is 3.44. The number of nitrogens with zero attached hydrogens (tertiary/aromatic N) is 4. The Morgan fingerprint density at radius 3 is 2.00 bits per heavy atom. The van der Waals surface area contributed by atoms with E-state index in [0.29, 0.717) is 6.67 Å². The summed E-state index contributed by atoms with van der Waals surface area (Å²) in [6, 6.07) is 60.1. The van der Waals surface area contributed by atoms with Crippen LogP contribution in [0.2, 0.25) is 0 Å². The van der Waals surface area contributed by atoms with Crippen molar-refractivity contribution < 1.29 is 0 Å². The number of para-hydroxylation sites is 3. The molecule has 0 aliphatic carbocycles. The molecule has 1 fully saturated rings. The van der Waals surface area contributed by atoms with Crippen molar-refractivity contribution >= 4 is 80.8 Å². The fourth-order valence-electron chi connectivity index (χ4n) is 8.70. The highest BCUT2D eigenvalue weighted by atomic mass is 32.1. The van der Waals surface area contributed by atoms with Gasteiger partial charge in [-0.25, -0.2) is 0 Å². The maximum Gasteiger partial charge on any atom is 0.115 e. The van der Waals surface area contributed by atoms with Gasteiger partial charge in [0.1, 0.15) is 6.67 Å². The second kappa shape index (κ2) is 11.5. The van der Waals surface area contributed by atoms with Gasteiger partial charge in [0.2, 0.25) is 0 Å². The third-order valence-corrected chi connectivity index (χ3v) is 12.4. The maximum absolute atomic E-state index is 5.69. The Bertz CT molecular complexity index is 3020. The number of hydrogen-bond donors (Lipinski definition) is 0. The van der Waals surface area contributed by atoms with E-state index in [1.165, 1.54) is 74.9 Å². The molecule has 0 bridgehead atoms. The molecule has 1 saturated heterocycles. The molecule has 4 heterocycles. The van der Waals surface area contributed by atoms with E-state index in [-0.39, 0.29) is 12.1 Å². The van der Waals surface area contributed by atoms with Gasteiger partial charge in [-0.1, -0.05) is 121 Å². The lowest BCUT2D eigenvalue weighted by Gasteiger charge is -2.11. The highest BCUT2D eigenvalue weighted by molar-refractivity contribution is 7.26. The van der Waals surface area contributed by atoms with Gasteiger partial charge in [0.05, 0.1) is 39.9 Å². The number of rotatable bonds is 6. The van der Waals surface area contributed by atoms with Crippen LogP contribution in [0.5, 0.6) is 0 Å². The lowest BCUT2D eigenvalue weighted by molar-refractivity contribution is 0.617. The molecular weight excluding hydrogens is 653 g/mol. The Balaban J connectivity index is 1.15. The molecule has 0 radical (unpaired) electrons. The van der Waals surface area contributed by atoms with E-state index in [1.807, 2.05) is 11.3 Å². The predicted octanol–water partition coefficient (Wildman–Crippen LogP) is 11.8. The summed E-state index contributed by atoms with van der Waals surface area (Å²) in [5.74, 6) is 0. The molecule has 0 spiro atoms. The third-order valence-electron chi connectivity index (χ3n) is 11.2. The Morgan fingerprint density at radius 1 is 0.558 bits per heavy atom. The number of aromatic nitrogens is 2. The number of hydrogen-bond acceptors (Lipinski definition) is 3. The molecule has 4 nitrogen and oxygen atoms in total. The lowest BCUT2D eigenvalue weighted by atomic mass is 10.00. The molecule has 7 aromatic carbocycles. The number of likely N-dealkylation sites (N-methyl/N-ethyl adjacent to an activating group) is 1. The number of thiophene rings is 1. The molecule has 0 amide bonds. The zero-order valence-corrected chi connectivity index (χ0v) is 29.5. The van der Waals surface area contributed by atoms with E-state index in [0.717, 1.165) is 11.4 Å². The zero-order chi connectivity index (χ0) is 34.3.